The summed E-state index contributed by atoms with van der Waals surface area (Å²) in [6.07, 6.45) is 3.35. The van der Waals surface area contributed by atoms with Crippen molar-refractivity contribution >= 4 is 11.6 Å². The smallest absolute Gasteiger partial charge is 0.227 e. The van der Waals surface area contributed by atoms with Crippen LogP contribution < -0.4 is 5.32 Å². The lowest BCUT2D eigenvalue weighted by atomic mass is 9.97. The van der Waals surface area contributed by atoms with Crippen LogP contribution in [0.4, 0.5) is 10.1 Å². The summed E-state index contributed by atoms with van der Waals surface area (Å²) < 4.78 is 14.0. The third kappa shape index (κ3) is 4.05. The molecule has 0 spiro atoms. The van der Waals surface area contributed by atoms with Crippen molar-refractivity contribution in [2.24, 2.45) is 11.8 Å². The molecule has 0 saturated heterocycles. The first-order valence-electron chi connectivity index (χ1n) is 7.32. The van der Waals surface area contributed by atoms with Crippen LogP contribution in [0.2, 0.25) is 0 Å². The molecule has 0 aromatic heterocycles. The van der Waals surface area contributed by atoms with Crippen LogP contribution in [0, 0.1) is 29.5 Å². The van der Waals surface area contributed by atoms with Crippen molar-refractivity contribution < 1.29 is 14.3 Å². The number of aliphatic hydroxyl groups is 1. The predicted octanol–water partition coefficient (Wildman–Crippen LogP) is 2.93. The molecular weight excluding hydrogens is 269 g/mol. The maximum Gasteiger partial charge on any atom is 0.227 e. The Morgan fingerprint density at radius 2 is 2.29 bits per heavy atom. The van der Waals surface area contributed by atoms with E-state index in [9.17, 15) is 9.18 Å². The fourth-order valence-corrected chi connectivity index (χ4v) is 2.68. The number of hydrogen-bond acceptors (Lipinski definition) is 2. The molecule has 0 radical (unpaired) electrons. The van der Waals surface area contributed by atoms with Crippen LogP contribution in [0.5, 0.6) is 0 Å². The summed E-state index contributed by atoms with van der Waals surface area (Å²) in [5.41, 5.74) is 0.736. The van der Waals surface area contributed by atoms with Crippen molar-refractivity contribution in [3.05, 3.63) is 29.6 Å². The van der Waals surface area contributed by atoms with Gasteiger partial charge in [0.15, 0.2) is 0 Å². The Hall–Kier alpha value is -1.86. The van der Waals surface area contributed by atoms with Gasteiger partial charge in [-0.3, -0.25) is 4.79 Å². The Morgan fingerprint density at radius 3 is 2.90 bits per heavy atom. The number of rotatable bonds is 3. The minimum Gasteiger partial charge on any atom is -0.395 e. The topological polar surface area (TPSA) is 49.3 Å². The summed E-state index contributed by atoms with van der Waals surface area (Å²) in [4.78, 5) is 12.1. The molecule has 4 heteroatoms. The van der Waals surface area contributed by atoms with Crippen LogP contribution >= 0.6 is 0 Å². The lowest BCUT2D eigenvalue weighted by molar-refractivity contribution is -0.120. The SMILES string of the molecule is CC1CCCC1C(=O)Nc1ccc(C#CCCO)cc1F. The van der Waals surface area contributed by atoms with Gasteiger partial charge in [-0.15, -0.1) is 0 Å². The van der Waals surface area contributed by atoms with E-state index in [2.05, 4.69) is 24.1 Å². The van der Waals surface area contributed by atoms with Crippen LogP contribution in [0.3, 0.4) is 0 Å². The van der Waals surface area contributed by atoms with Crippen LogP contribution in [0.15, 0.2) is 18.2 Å². The molecule has 1 aliphatic carbocycles. The third-order valence-corrected chi connectivity index (χ3v) is 3.89. The number of aliphatic hydroxyl groups excluding tert-OH is 1. The Labute approximate surface area is 124 Å². The largest absolute Gasteiger partial charge is 0.395 e. The second-order valence-electron chi connectivity index (χ2n) is 5.47. The summed E-state index contributed by atoms with van der Waals surface area (Å²) >= 11 is 0. The second kappa shape index (κ2) is 7.24. The van der Waals surface area contributed by atoms with Gasteiger partial charge in [0.05, 0.1) is 12.3 Å². The van der Waals surface area contributed by atoms with Crippen LogP contribution in [-0.2, 0) is 4.79 Å². The van der Waals surface area contributed by atoms with Gasteiger partial charge >= 0.3 is 0 Å². The average molecular weight is 289 g/mol. The number of halogens is 1. The van der Waals surface area contributed by atoms with E-state index in [1.54, 1.807) is 6.07 Å². The molecule has 2 atom stereocenters. The summed E-state index contributed by atoms with van der Waals surface area (Å²) in [5, 5.41) is 11.3. The highest BCUT2D eigenvalue weighted by atomic mass is 19.1. The standard InChI is InChI=1S/C17H20FNO2/c1-12-5-4-7-14(12)17(21)19-16-9-8-13(11-15(16)18)6-2-3-10-20/h8-9,11-12,14,20H,3-5,7,10H2,1H3,(H,19,21). The zero-order chi connectivity index (χ0) is 15.2. The lowest BCUT2D eigenvalue weighted by Crippen LogP contribution is -2.25. The number of benzene rings is 1. The normalized spacial score (nSPS) is 20.7. The Kier molecular flexibility index (Phi) is 5.35. The maximum atomic E-state index is 14.0. The highest BCUT2D eigenvalue weighted by Gasteiger charge is 2.29. The van der Waals surface area contributed by atoms with Gasteiger partial charge in [0.1, 0.15) is 5.82 Å². The molecule has 1 aromatic rings. The van der Waals surface area contributed by atoms with Crippen LogP contribution in [0.1, 0.15) is 38.2 Å². The summed E-state index contributed by atoms with van der Waals surface area (Å²) in [7, 11) is 0. The quantitative estimate of drug-likeness (QED) is 0.841. The zero-order valence-corrected chi connectivity index (χ0v) is 12.2. The minimum absolute atomic E-state index is 0.0107. The van der Waals surface area contributed by atoms with Gasteiger partial charge in [0.2, 0.25) is 5.91 Å². The molecule has 112 valence electrons. The first kappa shape index (κ1) is 15.5. The molecule has 1 fully saturated rings. The molecule has 2 N–H and O–H groups in total. The zero-order valence-electron chi connectivity index (χ0n) is 12.2. The average Bonchev–Trinajstić information content (AvgIpc) is 2.88. The van der Waals surface area contributed by atoms with Gasteiger partial charge in [-0.25, -0.2) is 4.39 Å². The van der Waals surface area contributed by atoms with Gasteiger partial charge < -0.3 is 10.4 Å². The van der Waals surface area contributed by atoms with Crippen molar-refractivity contribution in [3.8, 4) is 11.8 Å². The van der Waals surface area contributed by atoms with Crippen molar-refractivity contribution in [2.45, 2.75) is 32.6 Å². The monoisotopic (exact) mass is 289 g/mol. The number of anilines is 1. The van der Waals surface area contributed by atoms with Gasteiger partial charge in [0.25, 0.3) is 0 Å². The van der Waals surface area contributed by atoms with Gasteiger partial charge in [-0.2, -0.15) is 0 Å². The summed E-state index contributed by atoms with van der Waals surface area (Å²) in [6.45, 7) is 2.05. The molecule has 0 heterocycles. The first-order chi connectivity index (χ1) is 10.1. The number of carbonyl (C=O) groups excluding carboxylic acids is 1. The van der Waals surface area contributed by atoms with E-state index in [4.69, 9.17) is 5.11 Å². The number of hydrogen-bond donors (Lipinski definition) is 2. The fourth-order valence-electron chi connectivity index (χ4n) is 2.68. The van der Waals surface area contributed by atoms with Gasteiger partial charge in [-0.05, 0) is 37.0 Å². The fraction of sp³-hybridized carbons (Fsp3) is 0.471. The number of nitrogens with one attached hydrogen (secondary N) is 1. The highest BCUT2D eigenvalue weighted by molar-refractivity contribution is 5.93. The van der Waals surface area contributed by atoms with Crippen molar-refractivity contribution in [3.63, 3.8) is 0 Å². The Morgan fingerprint density at radius 1 is 1.48 bits per heavy atom. The van der Waals surface area contributed by atoms with E-state index < -0.39 is 5.82 Å². The number of carbonyl (C=O) groups is 1. The van der Waals surface area contributed by atoms with Gasteiger partial charge in [-0.1, -0.05) is 25.2 Å². The molecule has 1 aromatic carbocycles. The highest BCUT2D eigenvalue weighted by Crippen LogP contribution is 2.32. The molecule has 1 aliphatic rings. The molecule has 2 rings (SSSR count). The predicted molar refractivity (Wildman–Crippen MR) is 80.1 cm³/mol. The van der Waals surface area contributed by atoms with Crippen molar-refractivity contribution in [1.29, 1.82) is 0 Å². The van der Waals surface area contributed by atoms with E-state index >= 15 is 0 Å². The van der Waals surface area contributed by atoms with E-state index in [-0.39, 0.29) is 24.1 Å². The van der Waals surface area contributed by atoms with Crippen molar-refractivity contribution in [2.75, 3.05) is 11.9 Å². The summed E-state index contributed by atoms with van der Waals surface area (Å²) in [5.74, 6) is 5.26. The van der Waals surface area contributed by atoms with E-state index in [1.165, 1.54) is 12.1 Å². The molecule has 1 saturated carbocycles. The molecule has 2 unspecified atom stereocenters. The third-order valence-electron chi connectivity index (χ3n) is 3.89. The molecule has 0 bridgehead atoms. The molecule has 0 aliphatic heterocycles. The van der Waals surface area contributed by atoms with Gasteiger partial charge in [0, 0.05) is 17.9 Å². The second-order valence-corrected chi connectivity index (χ2v) is 5.47. The van der Waals surface area contributed by atoms with E-state index in [0.29, 0.717) is 17.9 Å². The van der Waals surface area contributed by atoms with Crippen molar-refractivity contribution in [1.82, 2.24) is 0 Å². The first-order valence-corrected chi connectivity index (χ1v) is 7.32. The Bertz CT molecular complexity index is 574. The number of amides is 1. The molecule has 3 nitrogen and oxygen atoms in total. The van der Waals surface area contributed by atoms with Crippen LogP contribution in [0.25, 0.3) is 0 Å². The van der Waals surface area contributed by atoms with E-state index in [1.807, 2.05) is 0 Å². The lowest BCUT2D eigenvalue weighted by Gasteiger charge is -2.15. The molecule has 21 heavy (non-hydrogen) atoms. The van der Waals surface area contributed by atoms with E-state index in [0.717, 1.165) is 19.3 Å². The van der Waals surface area contributed by atoms with Crippen LogP contribution in [-0.4, -0.2) is 17.6 Å². The maximum absolute atomic E-state index is 14.0. The minimum atomic E-state index is -0.482. The molecular formula is C17H20FNO2. The summed E-state index contributed by atoms with van der Waals surface area (Å²) in [6, 6.07) is 4.51. The Balaban J connectivity index is 2.04. The molecule has 1 amide bonds.